The van der Waals surface area contributed by atoms with Crippen LogP contribution in [-0.4, -0.2) is 30.4 Å². The van der Waals surface area contributed by atoms with Crippen LogP contribution in [0.4, 0.5) is 0 Å². The van der Waals surface area contributed by atoms with Crippen molar-refractivity contribution in [3.63, 3.8) is 0 Å². The number of carbonyl (C=O) groups excluding carboxylic acids is 1. The molecule has 19 heavy (non-hydrogen) atoms. The number of allylic oxidation sites excluding steroid dienone is 1. The smallest absolute Gasteiger partial charge is 0.259 e. The van der Waals surface area contributed by atoms with Crippen LogP contribution in [0.5, 0.6) is 0 Å². The Kier molecular flexibility index (Phi) is 2.51. The topological polar surface area (TPSA) is 54.5 Å². The van der Waals surface area contributed by atoms with Crippen molar-refractivity contribution >= 4 is 15.9 Å². The Morgan fingerprint density at radius 3 is 2.63 bits per heavy atom. The van der Waals surface area contributed by atoms with E-state index in [0.29, 0.717) is 5.92 Å². The van der Waals surface area contributed by atoms with Crippen molar-refractivity contribution in [2.75, 3.05) is 5.75 Å². The molecule has 3 atom stereocenters. The van der Waals surface area contributed by atoms with E-state index in [-0.39, 0.29) is 28.5 Å². The van der Waals surface area contributed by atoms with Gasteiger partial charge >= 0.3 is 0 Å². The number of hydrogen-bond acceptors (Lipinski definition) is 3. The molecule has 1 aliphatic heterocycles. The molecule has 2 bridgehead atoms. The van der Waals surface area contributed by atoms with E-state index in [9.17, 15) is 13.2 Å². The van der Waals surface area contributed by atoms with Crippen LogP contribution in [0.1, 0.15) is 40.0 Å². The second-order valence-corrected chi connectivity index (χ2v) is 8.60. The largest absolute Gasteiger partial charge is 0.269 e. The third-order valence-electron chi connectivity index (χ3n) is 5.94. The van der Waals surface area contributed by atoms with E-state index in [4.69, 9.17) is 0 Å². The first kappa shape index (κ1) is 13.2. The number of amides is 1. The van der Waals surface area contributed by atoms with E-state index in [1.807, 2.05) is 0 Å². The van der Waals surface area contributed by atoms with E-state index in [0.717, 1.165) is 19.3 Å². The van der Waals surface area contributed by atoms with Crippen LogP contribution in [0.2, 0.25) is 0 Å². The number of sulfonamides is 1. The maximum Gasteiger partial charge on any atom is 0.259 e. The fraction of sp³-hybridized carbons (Fsp3) is 0.786. The average molecular weight is 283 g/mol. The number of fused-ring (bicyclic) bond motifs is 1. The lowest BCUT2D eigenvalue weighted by Crippen LogP contribution is -2.43. The highest BCUT2D eigenvalue weighted by Crippen LogP contribution is 2.69. The van der Waals surface area contributed by atoms with E-state index >= 15 is 0 Å². The van der Waals surface area contributed by atoms with Gasteiger partial charge in [-0.1, -0.05) is 19.9 Å². The van der Waals surface area contributed by atoms with Gasteiger partial charge < -0.3 is 0 Å². The summed E-state index contributed by atoms with van der Waals surface area (Å²) in [5.74, 6) is 0.332. The normalized spacial score (nSPS) is 41.9. The van der Waals surface area contributed by atoms with E-state index in [2.05, 4.69) is 13.8 Å². The highest BCUT2D eigenvalue weighted by atomic mass is 32.2. The molecule has 0 aromatic heterocycles. The highest BCUT2D eigenvalue weighted by molar-refractivity contribution is 7.90. The molecule has 1 spiro atoms. The summed E-state index contributed by atoms with van der Waals surface area (Å²) in [5, 5.41) is 0. The van der Waals surface area contributed by atoms with Crippen LogP contribution in [-0.2, 0) is 14.8 Å². The quantitative estimate of drug-likeness (QED) is 0.691. The minimum atomic E-state index is -3.45. The van der Waals surface area contributed by atoms with Crippen molar-refractivity contribution in [2.45, 2.75) is 46.1 Å². The molecule has 0 aromatic rings. The first-order chi connectivity index (χ1) is 8.76. The maximum absolute atomic E-state index is 12.4. The zero-order chi connectivity index (χ0) is 14.1. The molecular weight excluding hydrogens is 262 g/mol. The maximum atomic E-state index is 12.4. The molecule has 5 heteroatoms. The Bertz CT molecular complexity index is 563. The summed E-state index contributed by atoms with van der Waals surface area (Å²) < 4.78 is 26.1. The van der Waals surface area contributed by atoms with Crippen LogP contribution in [0.15, 0.2) is 12.2 Å². The van der Waals surface area contributed by atoms with Crippen molar-refractivity contribution in [2.24, 2.45) is 16.7 Å². The van der Waals surface area contributed by atoms with Crippen molar-refractivity contribution in [3.05, 3.63) is 12.2 Å². The molecule has 0 unspecified atom stereocenters. The lowest BCUT2D eigenvalue weighted by atomic mass is 9.69. The predicted octanol–water partition coefficient (Wildman–Crippen LogP) is 1.93. The van der Waals surface area contributed by atoms with E-state index < -0.39 is 10.0 Å². The fourth-order valence-corrected chi connectivity index (χ4v) is 7.30. The third-order valence-corrected chi connectivity index (χ3v) is 7.85. The highest BCUT2D eigenvalue weighted by Gasteiger charge is 2.72. The molecule has 0 radical (unpaired) electrons. The Morgan fingerprint density at radius 1 is 1.37 bits per heavy atom. The molecular formula is C14H21NO3S. The molecule has 1 heterocycles. The molecule has 3 fully saturated rings. The summed E-state index contributed by atoms with van der Waals surface area (Å²) in [5.41, 5.74) is -0.191. The summed E-state index contributed by atoms with van der Waals surface area (Å²) in [6.45, 7) is 6.11. The SMILES string of the molecule is C/C=C/C(=O)N1[C@H]2C[C@H]3CC[C@]2(CS1(=O)=O)C3(C)C. The summed E-state index contributed by atoms with van der Waals surface area (Å²) in [7, 11) is -3.45. The lowest BCUT2D eigenvalue weighted by molar-refractivity contribution is -0.124. The van der Waals surface area contributed by atoms with Crippen molar-refractivity contribution < 1.29 is 13.2 Å². The molecule has 2 saturated carbocycles. The Morgan fingerprint density at radius 2 is 2.05 bits per heavy atom. The molecule has 0 N–H and O–H groups in total. The van der Waals surface area contributed by atoms with Gasteiger partial charge in [0.15, 0.2) is 0 Å². The van der Waals surface area contributed by atoms with Gasteiger partial charge in [0, 0.05) is 5.41 Å². The Labute approximate surface area is 114 Å². The first-order valence-electron chi connectivity index (χ1n) is 6.95. The van der Waals surface area contributed by atoms with Gasteiger partial charge in [-0.15, -0.1) is 0 Å². The first-order valence-corrected chi connectivity index (χ1v) is 8.56. The monoisotopic (exact) mass is 283 g/mol. The van der Waals surface area contributed by atoms with Gasteiger partial charge in [0.2, 0.25) is 10.0 Å². The molecule has 106 valence electrons. The zero-order valence-corrected chi connectivity index (χ0v) is 12.5. The third kappa shape index (κ3) is 1.40. The molecule has 1 saturated heterocycles. The average Bonchev–Trinajstić information content (AvgIpc) is 2.75. The Balaban J connectivity index is 2.09. The van der Waals surface area contributed by atoms with Gasteiger partial charge in [0.1, 0.15) is 0 Å². The van der Waals surface area contributed by atoms with E-state index in [1.54, 1.807) is 13.0 Å². The molecule has 3 aliphatic rings. The number of nitrogens with zero attached hydrogens (tertiary/aromatic N) is 1. The lowest BCUT2D eigenvalue weighted by Gasteiger charge is -2.36. The molecule has 3 rings (SSSR count). The minimum absolute atomic E-state index is 0.0235. The number of rotatable bonds is 1. The second kappa shape index (κ2) is 3.62. The standard InChI is InChI=1S/C14H21NO3S/c1-4-5-12(16)15-11-8-10-6-7-14(11,13(10,2)3)9-19(15,17)18/h4-5,10-11H,6-9H2,1-3H3/b5-4+/t10-,11+,14-/m1/s1. The van der Waals surface area contributed by atoms with Gasteiger partial charge in [-0.25, -0.2) is 12.7 Å². The van der Waals surface area contributed by atoms with Crippen molar-refractivity contribution in [1.29, 1.82) is 0 Å². The molecule has 1 amide bonds. The van der Waals surface area contributed by atoms with Gasteiger partial charge in [-0.05, 0) is 43.6 Å². The van der Waals surface area contributed by atoms with E-state index in [1.165, 1.54) is 10.4 Å². The second-order valence-electron chi connectivity index (χ2n) is 6.76. The van der Waals surface area contributed by atoms with Gasteiger partial charge in [0.25, 0.3) is 5.91 Å². The molecule has 4 nitrogen and oxygen atoms in total. The summed E-state index contributed by atoms with van der Waals surface area (Å²) in [4.78, 5) is 12.1. The van der Waals surface area contributed by atoms with Crippen LogP contribution in [0.3, 0.4) is 0 Å². The van der Waals surface area contributed by atoms with Gasteiger partial charge in [-0.2, -0.15) is 0 Å². The molecule has 2 aliphatic carbocycles. The van der Waals surface area contributed by atoms with Crippen LogP contribution < -0.4 is 0 Å². The fourth-order valence-electron chi connectivity index (χ4n) is 4.80. The van der Waals surface area contributed by atoms with Gasteiger partial charge in [0.05, 0.1) is 11.8 Å². The predicted molar refractivity (Wildman–Crippen MR) is 72.8 cm³/mol. The van der Waals surface area contributed by atoms with Crippen LogP contribution >= 0.6 is 0 Å². The van der Waals surface area contributed by atoms with Crippen LogP contribution in [0.25, 0.3) is 0 Å². The minimum Gasteiger partial charge on any atom is -0.269 e. The van der Waals surface area contributed by atoms with Gasteiger partial charge in [-0.3, -0.25) is 4.79 Å². The zero-order valence-electron chi connectivity index (χ0n) is 11.7. The number of carbonyl (C=O) groups is 1. The van der Waals surface area contributed by atoms with Crippen molar-refractivity contribution in [1.82, 2.24) is 4.31 Å². The summed E-state index contributed by atoms with van der Waals surface area (Å²) in [6.07, 6.45) is 5.87. The Hall–Kier alpha value is -0.840. The van der Waals surface area contributed by atoms with Crippen molar-refractivity contribution in [3.8, 4) is 0 Å². The van der Waals surface area contributed by atoms with Crippen LogP contribution in [0, 0.1) is 16.7 Å². The summed E-state index contributed by atoms with van der Waals surface area (Å²) >= 11 is 0. The number of hydrogen-bond donors (Lipinski definition) is 0. The summed E-state index contributed by atoms with van der Waals surface area (Å²) in [6, 6.07) is -0.116. The molecule has 0 aromatic carbocycles.